The summed E-state index contributed by atoms with van der Waals surface area (Å²) in [5.74, 6) is 0. The minimum Gasteiger partial charge on any atom is -0.328 e. The second kappa shape index (κ2) is 3.67. The first-order chi connectivity index (χ1) is 6.11. The van der Waals surface area contributed by atoms with Crippen LogP contribution >= 0.6 is 0 Å². The molecule has 4 radical (unpaired) electrons. The van der Waals surface area contributed by atoms with Crippen molar-refractivity contribution in [2.45, 2.75) is 0 Å². The fourth-order valence-electron chi connectivity index (χ4n) is 1.26. The number of imidazole rings is 1. The van der Waals surface area contributed by atoms with Gasteiger partial charge in [0, 0.05) is 41.4 Å². The Morgan fingerprint density at radius 1 is 1.36 bits per heavy atom. The molecule has 2 rings (SSSR count). The summed E-state index contributed by atoms with van der Waals surface area (Å²) in [6.45, 7) is 0. The van der Waals surface area contributed by atoms with Crippen LogP contribution in [0.2, 0.25) is 0 Å². The predicted molar refractivity (Wildman–Crippen MR) is 52.3 cm³/mol. The van der Waals surface area contributed by atoms with E-state index in [2.05, 4.69) is 9.97 Å². The van der Waals surface area contributed by atoms with Crippen LogP contribution in [-0.4, -0.2) is 46.4 Å². The van der Waals surface area contributed by atoms with Gasteiger partial charge in [0.25, 0.3) is 5.56 Å². The van der Waals surface area contributed by atoms with Gasteiger partial charge in [-0.15, -0.1) is 0 Å². The van der Waals surface area contributed by atoms with Gasteiger partial charge in [-0.1, -0.05) is 0 Å². The molecule has 0 aliphatic heterocycles. The van der Waals surface area contributed by atoms with Gasteiger partial charge in [-0.2, -0.15) is 0 Å². The van der Waals surface area contributed by atoms with Crippen molar-refractivity contribution in [2.24, 2.45) is 14.1 Å². The van der Waals surface area contributed by atoms with E-state index in [9.17, 15) is 9.59 Å². The number of aromatic amines is 1. The van der Waals surface area contributed by atoms with Gasteiger partial charge in [0.05, 0.1) is 6.33 Å². The SMILES string of the molecule is Cn1cnc2c1c(=O)[nH]c(=O)n2C.[Pb]. The minimum absolute atomic E-state index is 0. The molecule has 72 valence electrons. The number of nitrogens with one attached hydrogen (secondary N) is 1. The molecule has 2 heterocycles. The normalized spacial score (nSPS) is 10.1. The Morgan fingerprint density at radius 3 is 2.64 bits per heavy atom. The molecule has 0 atom stereocenters. The molecular formula is C7H8N4O2Pb. The molecule has 2 aromatic rings. The van der Waals surface area contributed by atoms with Crippen LogP contribution in [0.25, 0.3) is 11.2 Å². The largest absolute Gasteiger partial charge is 0.329 e. The van der Waals surface area contributed by atoms with E-state index in [1.54, 1.807) is 18.7 Å². The zero-order chi connectivity index (χ0) is 9.59. The second-order valence-corrected chi connectivity index (χ2v) is 2.85. The number of H-pyrrole nitrogens is 1. The van der Waals surface area contributed by atoms with E-state index in [0.717, 1.165) is 0 Å². The van der Waals surface area contributed by atoms with Crippen molar-refractivity contribution in [3.05, 3.63) is 27.2 Å². The Hall–Kier alpha value is -0.928. The molecule has 6 nitrogen and oxygen atoms in total. The average Bonchev–Trinajstić information content (AvgIpc) is 2.44. The van der Waals surface area contributed by atoms with Crippen molar-refractivity contribution in [3.63, 3.8) is 0 Å². The van der Waals surface area contributed by atoms with E-state index in [1.165, 1.54) is 10.9 Å². The Bertz CT molecular complexity index is 579. The van der Waals surface area contributed by atoms with Crippen molar-refractivity contribution >= 4 is 38.5 Å². The first kappa shape index (κ1) is 11.1. The molecule has 0 saturated carbocycles. The molecule has 1 N–H and O–H groups in total. The molecule has 0 fully saturated rings. The number of rotatable bonds is 0. The molecule has 0 amide bonds. The third-order valence-corrected chi connectivity index (χ3v) is 1.98. The number of fused-ring (bicyclic) bond motifs is 1. The second-order valence-electron chi connectivity index (χ2n) is 2.85. The van der Waals surface area contributed by atoms with Crippen LogP contribution in [0.15, 0.2) is 15.9 Å². The quantitative estimate of drug-likeness (QED) is 0.564. The van der Waals surface area contributed by atoms with Gasteiger partial charge < -0.3 is 4.57 Å². The minimum atomic E-state index is -0.448. The Morgan fingerprint density at radius 2 is 2.00 bits per heavy atom. The van der Waals surface area contributed by atoms with E-state index in [4.69, 9.17) is 0 Å². The summed E-state index contributed by atoms with van der Waals surface area (Å²) < 4.78 is 2.88. The summed E-state index contributed by atoms with van der Waals surface area (Å²) in [5.41, 5.74) is -0.0485. The van der Waals surface area contributed by atoms with Crippen molar-refractivity contribution in [1.82, 2.24) is 19.1 Å². The predicted octanol–water partition coefficient (Wildman–Crippen LogP) is -1.42. The maximum atomic E-state index is 11.3. The average molecular weight is 387 g/mol. The van der Waals surface area contributed by atoms with Crippen molar-refractivity contribution in [1.29, 1.82) is 0 Å². The Labute approximate surface area is 98.7 Å². The molecule has 0 aliphatic rings. The van der Waals surface area contributed by atoms with Gasteiger partial charge in [0.1, 0.15) is 0 Å². The zero-order valence-corrected chi connectivity index (χ0v) is 11.6. The van der Waals surface area contributed by atoms with Gasteiger partial charge in [-0.3, -0.25) is 14.3 Å². The number of aryl methyl sites for hydroxylation is 2. The maximum Gasteiger partial charge on any atom is 0.329 e. The number of aromatic nitrogens is 4. The standard InChI is InChI=1S/C7H8N4O2.Pb/c1-10-3-8-5-4(10)6(12)9-7(13)11(5)2;/h3H,1-2H3,(H,9,12,13);. The molecular weight excluding hydrogens is 379 g/mol. The van der Waals surface area contributed by atoms with Crippen LogP contribution in [0, 0.1) is 0 Å². The summed E-state index contributed by atoms with van der Waals surface area (Å²) in [6.07, 6.45) is 1.50. The van der Waals surface area contributed by atoms with E-state index >= 15 is 0 Å². The van der Waals surface area contributed by atoms with Gasteiger partial charge >= 0.3 is 5.69 Å². The van der Waals surface area contributed by atoms with Gasteiger partial charge in [-0.25, -0.2) is 9.78 Å². The van der Waals surface area contributed by atoms with Crippen LogP contribution < -0.4 is 11.2 Å². The maximum absolute atomic E-state index is 11.3. The molecule has 7 heteroatoms. The Kier molecular flexibility index (Phi) is 2.93. The number of nitrogens with zero attached hydrogens (tertiary/aromatic N) is 3. The van der Waals surface area contributed by atoms with E-state index < -0.39 is 11.2 Å². The van der Waals surface area contributed by atoms with Crippen molar-refractivity contribution in [3.8, 4) is 0 Å². The molecule has 2 aromatic heterocycles. The van der Waals surface area contributed by atoms with Crippen LogP contribution in [-0.2, 0) is 14.1 Å². The topological polar surface area (TPSA) is 72.7 Å². The number of hydrogen-bond donors (Lipinski definition) is 1. The zero-order valence-electron chi connectivity index (χ0n) is 7.74. The van der Waals surface area contributed by atoms with Crippen LogP contribution in [0.4, 0.5) is 0 Å². The molecule has 0 bridgehead atoms. The summed E-state index contributed by atoms with van der Waals surface area (Å²) in [4.78, 5) is 28.6. The van der Waals surface area contributed by atoms with E-state index in [1.807, 2.05) is 0 Å². The smallest absolute Gasteiger partial charge is 0.328 e. The molecule has 14 heavy (non-hydrogen) atoms. The summed E-state index contributed by atoms with van der Waals surface area (Å²) in [7, 11) is 3.27. The molecule has 0 aliphatic carbocycles. The monoisotopic (exact) mass is 388 g/mol. The first-order valence-corrected chi connectivity index (χ1v) is 3.71. The summed E-state index contributed by atoms with van der Waals surface area (Å²) >= 11 is 0. The third-order valence-electron chi connectivity index (χ3n) is 1.98. The third kappa shape index (κ3) is 1.43. The first-order valence-electron chi connectivity index (χ1n) is 3.71. The van der Waals surface area contributed by atoms with E-state index in [0.29, 0.717) is 11.2 Å². The molecule has 0 saturated heterocycles. The van der Waals surface area contributed by atoms with Crippen molar-refractivity contribution in [2.75, 3.05) is 0 Å². The van der Waals surface area contributed by atoms with Crippen LogP contribution in [0.1, 0.15) is 0 Å². The van der Waals surface area contributed by atoms with Gasteiger partial charge in [-0.05, 0) is 0 Å². The van der Waals surface area contributed by atoms with E-state index in [-0.39, 0.29) is 27.3 Å². The molecule has 0 spiro atoms. The van der Waals surface area contributed by atoms with Crippen LogP contribution in [0.5, 0.6) is 0 Å². The van der Waals surface area contributed by atoms with Crippen molar-refractivity contribution < 1.29 is 0 Å². The fourth-order valence-corrected chi connectivity index (χ4v) is 1.26. The summed E-state index contributed by atoms with van der Waals surface area (Å²) in [5, 5.41) is 0. The number of hydrogen-bond acceptors (Lipinski definition) is 3. The Balaban J connectivity index is 0.000000980. The van der Waals surface area contributed by atoms with Crippen LogP contribution in [0.3, 0.4) is 0 Å². The fraction of sp³-hybridized carbons (Fsp3) is 0.286. The summed E-state index contributed by atoms with van der Waals surface area (Å²) in [6, 6.07) is 0. The van der Waals surface area contributed by atoms with Gasteiger partial charge in [0.2, 0.25) is 0 Å². The molecule has 0 aromatic carbocycles. The van der Waals surface area contributed by atoms with Gasteiger partial charge in [0.15, 0.2) is 11.2 Å². The molecule has 0 unspecified atom stereocenters.